The van der Waals surface area contributed by atoms with E-state index in [1.54, 1.807) is 0 Å². The molecule has 0 radical (unpaired) electrons. The quantitative estimate of drug-likeness (QED) is 0.658. The van der Waals surface area contributed by atoms with Crippen LogP contribution in [0.1, 0.15) is 28.5 Å². The Hall–Kier alpha value is -2.66. The van der Waals surface area contributed by atoms with Crippen molar-refractivity contribution in [3.8, 4) is 11.3 Å². The molecule has 0 bridgehead atoms. The first-order valence-electron chi connectivity index (χ1n) is 6.53. The maximum Gasteiger partial charge on any atom is 0.417 e. The minimum Gasteiger partial charge on any atom is -0.461 e. The lowest BCUT2D eigenvalue weighted by Crippen LogP contribution is -2.15. The molecule has 0 aliphatic heterocycles. The standard InChI is InChI=1S/C13H8F7N3O2/c1-2-25-11(24)10-9(21-23-22-10)8-6(13(18,19)20)3-5(4-7(8)14)12(15,16)17/h3-4H,2H2,1H3,(H,21,22,23). The molecule has 1 aromatic heterocycles. The van der Waals surface area contributed by atoms with Gasteiger partial charge in [0.25, 0.3) is 0 Å². The molecule has 0 unspecified atom stereocenters. The molecule has 2 aromatic rings. The summed E-state index contributed by atoms with van der Waals surface area (Å²) in [6.45, 7) is 1.24. The summed E-state index contributed by atoms with van der Waals surface area (Å²) in [6, 6.07) is -0.379. The van der Waals surface area contributed by atoms with E-state index < -0.39 is 52.2 Å². The number of benzene rings is 1. The van der Waals surface area contributed by atoms with Gasteiger partial charge in [-0.15, -0.1) is 5.10 Å². The topological polar surface area (TPSA) is 67.9 Å². The second kappa shape index (κ2) is 6.33. The fraction of sp³-hybridized carbons (Fsp3) is 0.308. The van der Waals surface area contributed by atoms with E-state index in [4.69, 9.17) is 0 Å². The van der Waals surface area contributed by atoms with Gasteiger partial charge in [0.05, 0.1) is 23.3 Å². The molecule has 5 nitrogen and oxygen atoms in total. The van der Waals surface area contributed by atoms with Crippen LogP contribution < -0.4 is 0 Å². The molecule has 0 saturated heterocycles. The molecule has 0 aliphatic carbocycles. The van der Waals surface area contributed by atoms with Gasteiger partial charge in [-0.25, -0.2) is 9.18 Å². The van der Waals surface area contributed by atoms with Crippen molar-refractivity contribution in [1.29, 1.82) is 0 Å². The van der Waals surface area contributed by atoms with Crippen LogP contribution in [0, 0.1) is 5.82 Å². The van der Waals surface area contributed by atoms with Crippen LogP contribution in [0.3, 0.4) is 0 Å². The molecule has 0 saturated carbocycles. The first kappa shape index (κ1) is 18.7. The Morgan fingerprint density at radius 1 is 1.12 bits per heavy atom. The van der Waals surface area contributed by atoms with Crippen LogP contribution in [0.4, 0.5) is 30.7 Å². The molecule has 25 heavy (non-hydrogen) atoms. The Morgan fingerprint density at radius 3 is 2.28 bits per heavy atom. The number of alkyl halides is 6. The van der Waals surface area contributed by atoms with E-state index in [1.165, 1.54) is 6.92 Å². The number of hydrogen-bond donors (Lipinski definition) is 1. The highest BCUT2D eigenvalue weighted by atomic mass is 19.4. The fourth-order valence-corrected chi connectivity index (χ4v) is 1.98. The first-order chi connectivity index (χ1) is 11.5. The van der Waals surface area contributed by atoms with Crippen molar-refractivity contribution >= 4 is 5.97 Å². The second-order valence-corrected chi connectivity index (χ2v) is 4.62. The van der Waals surface area contributed by atoms with Gasteiger partial charge in [-0.1, -0.05) is 0 Å². The Bertz CT molecular complexity index is 796. The van der Waals surface area contributed by atoms with E-state index >= 15 is 0 Å². The van der Waals surface area contributed by atoms with Crippen molar-refractivity contribution in [3.63, 3.8) is 0 Å². The summed E-state index contributed by atoms with van der Waals surface area (Å²) in [4.78, 5) is 11.7. The zero-order valence-corrected chi connectivity index (χ0v) is 12.2. The van der Waals surface area contributed by atoms with Crippen molar-refractivity contribution in [2.45, 2.75) is 19.3 Å². The maximum atomic E-state index is 14.1. The number of aromatic amines is 1. The molecule has 0 amide bonds. The van der Waals surface area contributed by atoms with Gasteiger partial charge in [0.15, 0.2) is 5.69 Å². The number of nitrogens with one attached hydrogen (secondary N) is 1. The zero-order chi connectivity index (χ0) is 19.0. The van der Waals surface area contributed by atoms with Crippen molar-refractivity contribution in [2.75, 3.05) is 6.61 Å². The SMILES string of the molecule is CCOC(=O)c1n[nH]nc1-c1c(F)cc(C(F)(F)F)cc1C(F)(F)F. The number of carbonyl (C=O) groups is 1. The van der Waals surface area contributed by atoms with Gasteiger partial charge in [0.1, 0.15) is 11.5 Å². The Labute approximate surface area is 134 Å². The van der Waals surface area contributed by atoms with Crippen molar-refractivity contribution in [3.05, 3.63) is 34.8 Å². The summed E-state index contributed by atoms with van der Waals surface area (Å²) < 4.78 is 96.2. The number of nitrogens with zero attached hydrogens (tertiary/aromatic N) is 2. The molecule has 0 atom stereocenters. The highest BCUT2D eigenvalue weighted by Gasteiger charge is 2.41. The molecule has 1 heterocycles. The van der Waals surface area contributed by atoms with E-state index in [0.717, 1.165) is 0 Å². The van der Waals surface area contributed by atoms with Crippen LogP contribution >= 0.6 is 0 Å². The highest BCUT2D eigenvalue weighted by Crippen LogP contribution is 2.42. The summed E-state index contributed by atoms with van der Waals surface area (Å²) in [7, 11) is 0. The number of rotatable bonds is 3. The average Bonchev–Trinajstić information content (AvgIpc) is 2.93. The molecule has 0 aliphatic rings. The van der Waals surface area contributed by atoms with Gasteiger partial charge >= 0.3 is 18.3 Å². The number of ether oxygens (including phenoxy) is 1. The summed E-state index contributed by atoms with van der Waals surface area (Å²) in [5.41, 5.74) is -6.80. The molecule has 0 spiro atoms. The lowest BCUT2D eigenvalue weighted by Gasteiger charge is -2.16. The van der Waals surface area contributed by atoms with Gasteiger partial charge in [0.2, 0.25) is 0 Å². The summed E-state index contributed by atoms with van der Waals surface area (Å²) in [5, 5.41) is 8.37. The minimum atomic E-state index is -5.34. The van der Waals surface area contributed by atoms with Crippen LogP contribution in [0.15, 0.2) is 12.1 Å². The number of halogens is 7. The van der Waals surface area contributed by atoms with Gasteiger partial charge in [-0.2, -0.15) is 36.7 Å². The molecule has 12 heteroatoms. The zero-order valence-electron chi connectivity index (χ0n) is 12.2. The molecule has 2 rings (SSSR count). The Morgan fingerprint density at radius 2 is 1.76 bits per heavy atom. The molecular weight excluding hydrogens is 363 g/mol. The molecule has 1 N–H and O–H groups in total. The maximum absolute atomic E-state index is 14.1. The third kappa shape index (κ3) is 3.72. The van der Waals surface area contributed by atoms with Crippen LogP contribution in [-0.2, 0) is 17.1 Å². The number of carbonyl (C=O) groups excluding carboxylic acids is 1. The van der Waals surface area contributed by atoms with Gasteiger partial charge < -0.3 is 4.74 Å². The lowest BCUT2D eigenvalue weighted by molar-refractivity contribution is -0.143. The number of esters is 1. The summed E-state index contributed by atoms with van der Waals surface area (Å²) >= 11 is 0. The predicted octanol–water partition coefficient (Wildman–Crippen LogP) is 3.83. The van der Waals surface area contributed by atoms with E-state index in [1.807, 2.05) is 5.21 Å². The fourth-order valence-electron chi connectivity index (χ4n) is 1.98. The lowest BCUT2D eigenvalue weighted by atomic mass is 9.98. The normalized spacial score (nSPS) is 12.3. The second-order valence-electron chi connectivity index (χ2n) is 4.62. The first-order valence-corrected chi connectivity index (χ1v) is 6.53. The van der Waals surface area contributed by atoms with Crippen molar-refractivity contribution in [2.24, 2.45) is 0 Å². The number of hydrogen-bond acceptors (Lipinski definition) is 4. The third-order valence-corrected chi connectivity index (χ3v) is 2.98. The van der Waals surface area contributed by atoms with Crippen LogP contribution in [0.25, 0.3) is 11.3 Å². The van der Waals surface area contributed by atoms with Crippen LogP contribution in [0.5, 0.6) is 0 Å². The van der Waals surface area contributed by atoms with Gasteiger partial charge in [-0.05, 0) is 19.1 Å². The van der Waals surface area contributed by atoms with Crippen molar-refractivity contribution < 1.29 is 40.3 Å². The minimum absolute atomic E-state index is 0.117. The third-order valence-electron chi connectivity index (χ3n) is 2.98. The van der Waals surface area contributed by atoms with E-state index in [2.05, 4.69) is 14.9 Å². The van der Waals surface area contributed by atoms with E-state index in [-0.39, 0.29) is 18.7 Å². The van der Waals surface area contributed by atoms with Gasteiger partial charge in [-0.3, -0.25) is 0 Å². The highest BCUT2D eigenvalue weighted by molar-refractivity contribution is 5.94. The van der Waals surface area contributed by atoms with Crippen LogP contribution in [0.2, 0.25) is 0 Å². The molecule has 1 aromatic carbocycles. The Kier molecular flexibility index (Phi) is 4.73. The van der Waals surface area contributed by atoms with E-state index in [0.29, 0.717) is 0 Å². The summed E-state index contributed by atoms with van der Waals surface area (Å²) in [5.74, 6) is -3.07. The predicted molar refractivity (Wildman–Crippen MR) is 67.7 cm³/mol. The van der Waals surface area contributed by atoms with E-state index in [9.17, 15) is 35.5 Å². The molecule has 136 valence electrons. The van der Waals surface area contributed by atoms with Gasteiger partial charge in [0, 0.05) is 0 Å². The smallest absolute Gasteiger partial charge is 0.417 e. The largest absolute Gasteiger partial charge is 0.461 e. The Balaban J connectivity index is 2.75. The number of H-pyrrole nitrogens is 1. The van der Waals surface area contributed by atoms with Crippen LogP contribution in [-0.4, -0.2) is 28.0 Å². The molecular formula is C13H8F7N3O2. The monoisotopic (exact) mass is 371 g/mol. The average molecular weight is 371 g/mol. The number of aromatic nitrogens is 3. The van der Waals surface area contributed by atoms with Crippen molar-refractivity contribution in [1.82, 2.24) is 15.4 Å². The summed E-state index contributed by atoms with van der Waals surface area (Å²) in [6.07, 6.45) is -10.5. The molecule has 0 fully saturated rings.